The van der Waals surface area contributed by atoms with E-state index in [2.05, 4.69) is 48.8 Å². The molecule has 2 aromatic rings. The molecule has 2 aromatic heterocycles. The molecule has 1 atom stereocenters. The number of thiophene rings is 1. The average molecular weight is 263 g/mol. The van der Waals surface area contributed by atoms with Crippen LogP contribution in [-0.2, 0) is 7.05 Å². The van der Waals surface area contributed by atoms with Gasteiger partial charge in [-0.15, -0.1) is 11.3 Å². The molecule has 0 aliphatic heterocycles. The summed E-state index contributed by atoms with van der Waals surface area (Å²) in [6.45, 7) is 7.48. The van der Waals surface area contributed by atoms with Gasteiger partial charge in [0.05, 0.1) is 11.7 Å². The second kappa shape index (κ2) is 5.67. The number of nitrogens with one attached hydrogen (secondary N) is 1. The Balaban J connectivity index is 2.37. The first-order valence-corrected chi connectivity index (χ1v) is 7.29. The van der Waals surface area contributed by atoms with Crippen LogP contribution >= 0.6 is 11.3 Å². The minimum Gasteiger partial charge on any atom is -0.305 e. The number of nitrogens with zero attached hydrogens (tertiary/aromatic N) is 2. The normalized spacial score (nSPS) is 12.9. The van der Waals surface area contributed by atoms with Gasteiger partial charge in [-0.3, -0.25) is 4.68 Å². The van der Waals surface area contributed by atoms with E-state index in [9.17, 15) is 0 Å². The fourth-order valence-electron chi connectivity index (χ4n) is 2.21. The smallest absolute Gasteiger partial charge is 0.0707 e. The summed E-state index contributed by atoms with van der Waals surface area (Å²) in [5.41, 5.74) is 3.76. The van der Waals surface area contributed by atoms with Gasteiger partial charge in [0.15, 0.2) is 0 Å². The second-order valence-electron chi connectivity index (χ2n) is 4.70. The third kappa shape index (κ3) is 2.65. The quantitative estimate of drug-likeness (QED) is 0.898. The summed E-state index contributed by atoms with van der Waals surface area (Å²) in [7, 11) is 1.98. The molecule has 1 unspecified atom stereocenters. The molecule has 0 saturated heterocycles. The van der Waals surface area contributed by atoms with Crippen molar-refractivity contribution in [3.8, 4) is 0 Å². The minimum atomic E-state index is 0.277. The Kier molecular flexibility index (Phi) is 4.19. The molecular weight excluding hydrogens is 242 g/mol. The summed E-state index contributed by atoms with van der Waals surface area (Å²) in [5.74, 6) is 0. The van der Waals surface area contributed by atoms with Gasteiger partial charge in [-0.25, -0.2) is 0 Å². The van der Waals surface area contributed by atoms with Gasteiger partial charge in [0.25, 0.3) is 0 Å². The van der Waals surface area contributed by atoms with Crippen molar-refractivity contribution >= 4 is 11.3 Å². The molecule has 18 heavy (non-hydrogen) atoms. The fourth-order valence-corrected chi connectivity index (χ4v) is 3.23. The summed E-state index contributed by atoms with van der Waals surface area (Å²) in [6.07, 6.45) is 3.27. The molecule has 2 rings (SSSR count). The number of aryl methyl sites for hydroxylation is 3. The van der Waals surface area contributed by atoms with Crippen molar-refractivity contribution in [1.82, 2.24) is 15.1 Å². The molecule has 1 N–H and O–H groups in total. The highest BCUT2D eigenvalue weighted by Gasteiger charge is 2.20. The molecule has 4 heteroatoms. The maximum Gasteiger partial charge on any atom is 0.0707 e. The van der Waals surface area contributed by atoms with Crippen molar-refractivity contribution in [3.05, 3.63) is 39.3 Å². The van der Waals surface area contributed by atoms with Crippen LogP contribution in [0, 0.1) is 13.8 Å². The molecule has 0 aliphatic rings. The van der Waals surface area contributed by atoms with Gasteiger partial charge < -0.3 is 5.32 Å². The molecule has 2 heterocycles. The SMILES string of the molecule is CCCNC(c1cn(C)nc1C)c1sccc1C. The first kappa shape index (κ1) is 13.3. The molecule has 0 saturated carbocycles. The monoisotopic (exact) mass is 263 g/mol. The van der Waals surface area contributed by atoms with E-state index in [0.29, 0.717) is 0 Å². The highest BCUT2D eigenvalue weighted by molar-refractivity contribution is 7.10. The van der Waals surface area contributed by atoms with Gasteiger partial charge in [0.1, 0.15) is 0 Å². The third-order valence-corrected chi connectivity index (χ3v) is 4.21. The van der Waals surface area contributed by atoms with Gasteiger partial charge in [0, 0.05) is 23.7 Å². The minimum absolute atomic E-state index is 0.277. The van der Waals surface area contributed by atoms with Crippen LogP contribution in [0.2, 0.25) is 0 Å². The van der Waals surface area contributed by atoms with Gasteiger partial charge in [-0.05, 0) is 43.8 Å². The van der Waals surface area contributed by atoms with Crippen molar-refractivity contribution in [2.75, 3.05) is 6.54 Å². The van der Waals surface area contributed by atoms with E-state index in [1.54, 1.807) is 0 Å². The van der Waals surface area contributed by atoms with Crippen molar-refractivity contribution in [2.45, 2.75) is 33.2 Å². The molecule has 0 bridgehead atoms. The van der Waals surface area contributed by atoms with E-state index in [1.807, 2.05) is 23.1 Å². The van der Waals surface area contributed by atoms with E-state index in [4.69, 9.17) is 0 Å². The predicted molar refractivity (Wildman–Crippen MR) is 77.1 cm³/mol. The Labute approximate surface area is 113 Å². The Bertz CT molecular complexity index is 513. The van der Waals surface area contributed by atoms with Gasteiger partial charge in [-0.2, -0.15) is 5.10 Å². The molecule has 3 nitrogen and oxygen atoms in total. The van der Waals surface area contributed by atoms with Crippen LogP contribution in [0.3, 0.4) is 0 Å². The lowest BCUT2D eigenvalue weighted by Gasteiger charge is -2.18. The first-order chi connectivity index (χ1) is 8.63. The molecule has 98 valence electrons. The zero-order valence-corrected chi connectivity index (χ0v) is 12.3. The van der Waals surface area contributed by atoms with E-state index in [0.717, 1.165) is 18.7 Å². The van der Waals surface area contributed by atoms with Crippen LogP contribution in [0.15, 0.2) is 17.6 Å². The standard InChI is InChI=1S/C14H21N3S/c1-5-7-15-13(14-10(2)6-8-18-14)12-9-17(4)16-11(12)3/h6,8-9,13,15H,5,7H2,1-4H3. The molecule has 0 aromatic carbocycles. The molecular formula is C14H21N3S. The summed E-state index contributed by atoms with van der Waals surface area (Å²) < 4.78 is 1.90. The van der Waals surface area contributed by atoms with Crippen molar-refractivity contribution < 1.29 is 0 Å². The largest absolute Gasteiger partial charge is 0.305 e. The van der Waals surface area contributed by atoms with Crippen LogP contribution in [0.1, 0.15) is 41.1 Å². The molecule has 0 amide bonds. The van der Waals surface area contributed by atoms with E-state index < -0.39 is 0 Å². The van der Waals surface area contributed by atoms with Crippen LogP contribution in [0.25, 0.3) is 0 Å². The highest BCUT2D eigenvalue weighted by atomic mass is 32.1. The van der Waals surface area contributed by atoms with Crippen LogP contribution < -0.4 is 5.32 Å². The lowest BCUT2D eigenvalue weighted by atomic mass is 10.0. The molecule has 0 aliphatic carbocycles. The zero-order chi connectivity index (χ0) is 13.1. The van der Waals surface area contributed by atoms with Gasteiger partial charge in [0.2, 0.25) is 0 Å². The highest BCUT2D eigenvalue weighted by Crippen LogP contribution is 2.30. The number of rotatable bonds is 5. The zero-order valence-electron chi connectivity index (χ0n) is 11.5. The number of aromatic nitrogens is 2. The molecule has 0 fully saturated rings. The van der Waals surface area contributed by atoms with Crippen LogP contribution in [0.4, 0.5) is 0 Å². The van der Waals surface area contributed by atoms with E-state index in [1.165, 1.54) is 16.0 Å². The number of hydrogen-bond acceptors (Lipinski definition) is 3. The van der Waals surface area contributed by atoms with Crippen molar-refractivity contribution in [2.24, 2.45) is 7.05 Å². The summed E-state index contributed by atoms with van der Waals surface area (Å²) in [4.78, 5) is 1.40. The predicted octanol–water partition coefficient (Wildman–Crippen LogP) is 3.19. The Morgan fingerprint density at radius 1 is 1.44 bits per heavy atom. The average Bonchev–Trinajstić information content (AvgIpc) is 2.87. The van der Waals surface area contributed by atoms with Gasteiger partial charge in [-0.1, -0.05) is 6.92 Å². The van der Waals surface area contributed by atoms with Crippen molar-refractivity contribution in [1.29, 1.82) is 0 Å². The lowest BCUT2D eigenvalue weighted by Crippen LogP contribution is -2.23. The lowest BCUT2D eigenvalue weighted by molar-refractivity contribution is 0.601. The summed E-state index contributed by atoms with van der Waals surface area (Å²) >= 11 is 1.82. The Hall–Kier alpha value is -1.13. The second-order valence-corrected chi connectivity index (χ2v) is 5.65. The van der Waals surface area contributed by atoms with Crippen LogP contribution in [-0.4, -0.2) is 16.3 Å². The van der Waals surface area contributed by atoms with E-state index >= 15 is 0 Å². The van der Waals surface area contributed by atoms with E-state index in [-0.39, 0.29) is 6.04 Å². The molecule has 0 spiro atoms. The fraction of sp³-hybridized carbons (Fsp3) is 0.500. The maximum absolute atomic E-state index is 4.46. The Morgan fingerprint density at radius 2 is 2.22 bits per heavy atom. The summed E-state index contributed by atoms with van der Waals surface area (Å²) in [5, 5.41) is 10.3. The Morgan fingerprint density at radius 3 is 2.72 bits per heavy atom. The third-order valence-electron chi connectivity index (χ3n) is 3.12. The van der Waals surface area contributed by atoms with Crippen LogP contribution in [0.5, 0.6) is 0 Å². The topological polar surface area (TPSA) is 29.9 Å². The first-order valence-electron chi connectivity index (χ1n) is 6.41. The maximum atomic E-state index is 4.46. The number of hydrogen-bond donors (Lipinski definition) is 1. The van der Waals surface area contributed by atoms with Gasteiger partial charge >= 0.3 is 0 Å². The van der Waals surface area contributed by atoms with Crippen molar-refractivity contribution in [3.63, 3.8) is 0 Å². The summed E-state index contributed by atoms with van der Waals surface area (Å²) in [6, 6.07) is 2.46. The molecule has 0 radical (unpaired) electrons.